The third kappa shape index (κ3) is 4.73. The minimum absolute atomic E-state index is 0.199. The molecule has 0 saturated heterocycles. The number of nitrogens with zero attached hydrogens (tertiary/aromatic N) is 1. The molecule has 0 radical (unpaired) electrons. The Labute approximate surface area is 135 Å². The summed E-state index contributed by atoms with van der Waals surface area (Å²) in [5, 5.41) is 8.80. The molecule has 2 rings (SSSR count). The van der Waals surface area contributed by atoms with E-state index in [1.807, 2.05) is 49.4 Å². The van der Waals surface area contributed by atoms with Gasteiger partial charge in [-0.2, -0.15) is 5.26 Å². The molecule has 112 valence electrons. The fraction of sp³-hybridized carbons (Fsp3) is 0.222. The van der Waals surface area contributed by atoms with E-state index in [1.54, 1.807) is 12.1 Å². The number of nitrogens with one attached hydrogen (secondary N) is 1. The first-order valence-corrected chi connectivity index (χ1v) is 8.03. The summed E-state index contributed by atoms with van der Waals surface area (Å²) < 4.78 is 3.26. The summed E-state index contributed by atoms with van der Waals surface area (Å²) in [6.07, 6.45) is 1.19. The van der Waals surface area contributed by atoms with E-state index in [0.717, 1.165) is 10.5 Å². The van der Waals surface area contributed by atoms with Gasteiger partial charge >= 0.3 is 0 Å². The normalized spacial score (nSPS) is 11.6. The Kier molecular flexibility index (Phi) is 6.20. The molecule has 4 heteroatoms. The maximum Gasteiger partial charge on any atom is 0.150 e. The van der Waals surface area contributed by atoms with Gasteiger partial charge in [-0.05, 0) is 48.2 Å². The molecule has 2 aromatic rings. The highest BCUT2D eigenvalue weighted by atomic mass is 32.2. The van der Waals surface area contributed by atoms with Gasteiger partial charge in [-0.1, -0.05) is 37.3 Å². The molecule has 1 N–H and O–H groups in total. The predicted molar refractivity (Wildman–Crippen MR) is 89.4 cm³/mol. The van der Waals surface area contributed by atoms with Crippen LogP contribution >= 0.6 is 11.9 Å². The molecule has 0 aromatic heterocycles. The third-order valence-electron chi connectivity index (χ3n) is 3.32. The minimum atomic E-state index is -0.215. The number of hydrogen-bond donors (Lipinski definition) is 1. The molecule has 0 amide bonds. The van der Waals surface area contributed by atoms with Crippen LogP contribution in [0.15, 0.2) is 59.5 Å². The highest BCUT2D eigenvalue weighted by Crippen LogP contribution is 2.17. The van der Waals surface area contributed by atoms with E-state index in [0.29, 0.717) is 18.4 Å². The van der Waals surface area contributed by atoms with Gasteiger partial charge < -0.3 is 0 Å². The van der Waals surface area contributed by atoms with Crippen LogP contribution in [0.3, 0.4) is 0 Å². The van der Waals surface area contributed by atoms with Gasteiger partial charge in [0, 0.05) is 11.3 Å². The molecule has 0 fully saturated rings. The Morgan fingerprint density at radius 1 is 1.18 bits per heavy atom. The van der Waals surface area contributed by atoms with Crippen molar-refractivity contribution in [3.63, 3.8) is 0 Å². The Balaban J connectivity index is 2.00. The smallest absolute Gasteiger partial charge is 0.150 e. The average molecular weight is 310 g/mol. The predicted octanol–water partition coefficient (Wildman–Crippen LogP) is 3.75. The maximum absolute atomic E-state index is 12.1. The number of Topliss-reactive ketones (excluding diaryl/α,β-unsaturated/α-hetero) is 1. The van der Waals surface area contributed by atoms with Crippen LogP contribution in [0.4, 0.5) is 0 Å². The number of nitriles is 1. The standard InChI is InChI=1S/C18H18N2OS/c1-2-18(21)17(12-14-6-4-3-5-7-14)20-22-16-10-8-15(13-19)9-11-16/h3-11,17,20H,2,12H2,1H3/t17-/m0/s1. The van der Waals surface area contributed by atoms with Crippen molar-refractivity contribution in [2.75, 3.05) is 0 Å². The second-order valence-electron chi connectivity index (χ2n) is 4.92. The van der Waals surface area contributed by atoms with Gasteiger partial charge in [-0.25, -0.2) is 4.72 Å². The summed E-state index contributed by atoms with van der Waals surface area (Å²) in [6, 6.07) is 19.2. The van der Waals surface area contributed by atoms with Crippen molar-refractivity contribution in [1.29, 1.82) is 5.26 Å². The number of benzene rings is 2. The van der Waals surface area contributed by atoms with E-state index in [-0.39, 0.29) is 11.8 Å². The lowest BCUT2D eigenvalue weighted by molar-refractivity contribution is -0.120. The molecular formula is C18H18N2OS. The number of ketones is 1. The monoisotopic (exact) mass is 310 g/mol. The van der Waals surface area contributed by atoms with Crippen LogP contribution in [0.5, 0.6) is 0 Å². The highest BCUT2D eigenvalue weighted by molar-refractivity contribution is 7.97. The second-order valence-corrected chi connectivity index (χ2v) is 5.83. The van der Waals surface area contributed by atoms with E-state index >= 15 is 0 Å². The van der Waals surface area contributed by atoms with Crippen LogP contribution in [-0.2, 0) is 11.2 Å². The number of rotatable bonds is 7. The van der Waals surface area contributed by atoms with E-state index < -0.39 is 0 Å². The Hall–Kier alpha value is -2.09. The van der Waals surface area contributed by atoms with Crippen LogP contribution in [-0.4, -0.2) is 11.8 Å². The third-order valence-corrected chi connectivity index (χ3v) is 4.23. The van der Waals surface area contributed by atoms with E-state index in [2.05, 4.69) is 10.8 Å². The lowest BCUT2D eigenvalue weighted by atomic mass is 10.0. The lowest BCUT2D eigenvalue weighted by Crippen LogP contribution is -2.34. The zero-order valence-electron chi connectivity index (χ0n) is 12.5. The summed E-state index contributed by atoms with van der Waals surface area (Å²) in [5.41, 5.74) is 1.78. The second kappa shape index (κ2) is 8.38. The van der Waals surface area contributed by atoms with E-state index in [4.69, 9.17) is 5.26 Å². The number of hydrogen-bond acceptors (Lipinski definition) is 4. The van der Waals surface area contributed by atoms with Crippen LogP contribution < -0.4 is 4.72 Å². The maximum atomic E-state index is 12.1. The highest BCUT2D eigenvalue weighted by Gasteiger charge is 2.17. The van der Waals surface area contributed by atoms with Gasteiger partial charge in [-0.3, -0.25) is 4.79 Å². The molecule has 2 aromatic carbocycles. The van der Waals surface area contributed by atoms with E-state index in [9.17, 15) is 4.79 Å². The van der Waals surface area contributed by atoms with Gasteiger partial charge in [0.05, 0.1) is 17.7 Å². The number of carbonyl (C=O) groups is 1. The summed E-state index contributed by atoms with van der Waals surface area (Å²) in [7, 11) is 0. The molecule has 0 bridgehead atoms. The molecule has 0 unspecified atom stereocenters. The molecule has 0 spiro atoms. The van der Waals surface area contributed by atoms with Crippen LogP contribution in [0, 0.1) is 11.3 Å². The Bertz CT molecular complexity index is 647. The molecule has 22 heavy (non-hydrogen) atoms. The summed E-state index contributed by atoms with van der Waals surface area (Å²) in [6.45, 7) is 1.88. The Morgan fingerprint density at radius 2 is 1.86 bits per heavy atom. The van der Waals surface area contributed by atoms with Crippen molar-refractivity contribution in [3.8, 4) is 6.07 Å². The van der Waals surface area contributed by atoms with Crippen LogP contribution in [0.1, 0.15) is 24.5 Å². The quantitative estimate of drug-likeness (QED) is 0.791. The topological polar surface area (TPSA) is 52.9 Å². The van der Waals surface area contributed by atoms with Crippen molar-refractivity contribution >= 4 is 17.7 Å². The zero-order valence-corrected chi connectivity index (χ0v) is 13.3. The van der Waals surface area contributed by atoms with Crippen molar-refractivity contribution in [2.24, 2.45) is 0 Å². The molecule has 3 nitrogen and oxygen atoms in total. The van der Waals surface area contributed by atoms with Crippen molar-refractivity contribution in [2.45, 2.75) is 30.7 Å². The fourth-order valence-corrected chi connectivity index (χ4v) is 2.82. The summed E-state index contributed by atoms with van der Waals surface area (Å²) in [4.78, 5) is 13.1. The number of carbonyl (C=O) groups excluding carboxylic acids is 1. The van der Waals surface area contributed by atoms with Crippen LogP contribution in [0.25, 0.3) is 0 Å². The van der Waals surface area contributed by atoms with E-state index in [1.165, 1.54) is 11.9 Å². The van der Waals surface area contributed by atoms with Gasteiger partial charge in [0.15, 0.2) is 5.78 Å². The van der Waals surface area contributed by atoms with Gasteiger partial charge in [-0.15, -0.1) is 0 Å². The lowest BCUT2D eigenvalue weighted by Gasteiger charge is -2.16. The first-order chi connectivity index (χ1) is 10.7. The van der Waals surface area contributed by atoms with Gasteiger partial charge in [0.2, 0.25) is 0 Å². The largest absolute Gasteiger partial charge is 0.298 e. The SMILES string of the molecule is CCC(=O)[C@H](Cc1ccccc1)NSc1ccc(C#N)cc1. The molecule has 0 saturated carbocycles. The summed E-state index contributed by atoms with van der Waals surface area (Å²) in [5.74, 6) is 0.199. The first kappa shape index (κ1) is 16.3. The summed E-state index contributed by atoms with van der Waals surface area (Å²) >= 11 is 1.43. The molecule has 0 aliphatic rings. The molecular weight excluding hydrogens is 292 g/mol. The van der Waals surface area contributed by atoms with Crippen LogP contribution in [0.2, 0.25) is 0 Å². The fourth-order valence-electron chi connectivity index (χ4n) is 2.05. The van der Waals surface area contributed by atoms with Crippen molar-refractivity contribution < 1.29 is 4.79 Å². The molecule has 0 aliphatic heterocycles. The van der Waals surface area contributed by atoms with Gasteiger partial charge in [0.25, 0.3) is 0 Å². The zero-order chi connectivity index (χ0) is 15.8. The molecule has 0 heterocycles. The Morgan fingerprint density at radius 3 is 2.45 bits per heavy atom. The minimum Gasteiger partial charge on any atom is -0.298 e. The molecule has 0 aliphatic carbocycles. The van der Waals surface area contributed by atoms with Gasteiger partial charge in [0.1, 0.15) is 0 Å². The van der Waals surface area contributed by atoms with Crippen molar-refractivity contribution in [1.82, 2.24) is 4.72 Å². The van der Waals surface area contributed by atoms with Crippen molar-refractivity contribution in [3.05, 3.63) is 65.7 Å². The average Bonchev–Trinajstić information content (AvgIpc) is 2.59. The molecule has 1 atom stereocenters. The first-order valence-electron chi connectivity index (χ1n) is 7.22.